The van der Waals surface area contributed by atoms with Crippen molar-refractivity contribution in [3.05, 3.63) is 53.6 Å². The second-order valence-electron chi connectivity index (χ2n) is 7.01. The first kappa shape index (κ1) is 17.7. The van der Waals surface area contributed by atoms with E-state index in [2.05, 4.69) is 25.4 Å². The van der Waals surface area contributed by atoms with Gasteiger partial charge in [0, 0.05) is 18.7 Å². The van der Waals surface area contributed by atoms with E-state index in [1.54, 1.807) is 11.7 Å². The molecule has 10 heteroatoms. The van der Waals surface area contributed by atoms with Gasteiger partial charge in [0.1, 0.15) is 24.6 Å². The lowest BCUT2D eigenvalue weighted by molar-refractivity contribution is 0.273. The molecule has 0 aliphatic heterocycles. The highest BCUT2D eigenvalue weighted by Gasteiger charge is 2.27. The molecule has 4 aromatic rings. The predicted molar refractivity (Wildman–Crippen MR) is 98.1 cm³/mol. The summed E-state index contributed by atoms with van der Waals surface area (Å²) in [6, 6.07) is 5.49. The maximum atomic E-state index is 14.4. The highest BCUT2D eigenvalue weighted by Crippen LogP contribution is 2.39. The van der Waals surface area contributed by atoms with E-state index in [0.717, 1.165) is 24.8 Å². The van der Waals surface area contributed by atoms with Crippen LogP contribution in [0.15, 0.2) is 30.6 Å². The minimum absolute atomic E-state index is 0.000261. The first-order valence-electron chi connectivity index (χ1n) is 9.28. The zero-order valence-corrected chi connectivity index (χ0v) is 15.6. The highest BCUT2D eigenvalue weighted by atomic mass is 19.1. The van der Waals surface area contributed by atoms with Gasteiger partial charge >= 0.3 is 0 Å². The lowest BCUT2D eigenvalue weighted by Crippen LogP contribution is -2.13. The van der Waals surface area contributed by atoms with Crippen LogP contribution in [0, 0.1) is 11.6 Å². The lowest BCUT2D eigenvalue weighted by atomic mass is 9.80. The van der Waals surface area contributed by atoms with Gasteiger partial charge in [0.15, 0.2) is 17.3 Å². The molecule has 0 bridgehead atoms. The monoisotopic (exact) mass is 397 g/mol. The van der Waals surface area contributed by atoms with E-state index >= 15 is 0 Å². The summed E-state index contributed by atoms with van der Waals surface area (Å²) >= 11 is 0. The van der Waals surface area contributed by atoms with Crippen molar-refractivity contribution in [1.29, 1.82) is 0 Å². The fraction of sp³-hybridized carbons (Fsp3) is 0.316. The van der Waals surface area contributed by atoms with Gasteiger partial charge in [-0.25, -0.2) is 13.8 Å². The van der Waals surface area contributed by atoms with E-state index < -0.39 is 11.6 Å². The molecular weight excluding hydrogens is 380 g/mol. The Morgan fingerprint density at radius 1 is 1.17 bits per heavy atom. The number of ether oxygens (including phenoxy) is 1. The molecule has 5 rings (SSSR count). The minimum atomic E-state index is -0.725. The number of rotatable bonds is 5. The molecule has 0 atom stereocenters. The van der Waals surface area contributed by atoms with Gasteiger partial charge in [0.2, 0.25) is 5.88 Å². The Hall–Kier alpha value is -3.43. The number of aromatic nitrogens is 7. The topological polar surface area (TPSA) is 83.0 Å². The van der Waals surface area contributed by atoms with Crippen molar-refractivity contribution in [2.24, 2.45) is 7.05 Å². The Morgan fingerprint density at radius 2 is 1.97 bits per heavy atom. The normalized spacial score (nSPS) is 14.3. The second-order valence-corrected chi connectivity index (χ2v) is 7.01. The average molecular weight is 397 g/mol. The second kappa shape index (κ2) is 6.87. The summed E-state index contributed by atoms with van der Waals surface area (Å²) in [6.45, 7) is 0.157. The number of hydrogen-bond donors (Lipinski definition) is 0. The quantitative estimate of drug-likeness (QED) is 0.515. The van der Waals surface area contributed by atoms with Gasteiger partial charge in [-0.15, -0.1) is 15.3 Å². The lowest BCUT2D eigenvalue weighted by Gasteiger charge is -2.26. The van der Waals surface area contributed by atoms with Crippen LogP contribution < -0.4 is 4.74 Å². The third kappa shape index (κ3) is 3.00. The highest BCUT2D eigenvalue weighted by molar-refractivity contribution is 5.62. The Balaban J connectivity index is 1.62. The van der Waals surface area contributed by atoms with E-state index in [9.17, 15) is 8.78 Å². The summed E-state index contributed by atoms with van der Waals surface area (Å²) < 4.78 is 37.5. The van der Waals surface area contributed by atoms with Crippen LogP contribution in [0.5, 0.6) is 5.88 Å². The number of halogens is 2. The van der Waals surface area contributed by atoms with E-state index in [4.69, 9.17) is 4.74 Å². The first-order valence-corrected chi connectivity index (χ1v) is 9.28. The van der Waals surface area contributed by atoms with Crippen LogP contribution in [-0.4, -0.2) is 34.6 Å². The van der Waals surface area contributed by atoms with E-state index in [1.807, 2.05) is 6.07 Å². The SMILES string of the molecule is Cn1ncnc1COc1cc(C2CCC2)c2nnc(-c3c(F)cccc3F)n2n1. The van der Waals surface area contributed by atoms with E-state index in [1.165, 1.54) is 29.0 Å². The molecular formula is C19H17F2N7O. The van der Waals surface area contributed by atoms with Crippen molar-refractivity contribution in [3.63, 3.8) is 0 Å². The fourth-order valence-corrected chi connectivity index (χ4v) is 3.43. The number of hydrogen-bond acceptors (Lipinski definition) is 6. The Labute approximate surface area is 164 Å². The molecule has 29 heavy (non-hydrogen) atoms. The molecule has 0 radical (unpaired) electrons. The van der Waals surface area contributed by atoms with Crippen LogP contribution in [0.3, 0.4) is 0 Å². The summed E-state index contributed by atoms with van der Waals surface area (Å²) in [6.07, 6.45) is 4.59. The zero-order chi connectivity index (χ0) is 20.0. The van der Waals surface area contributed by atoms with Crippen molar-refractivity contribution < 1.29 is 13.5 Å². The maximum Gasteiger partial charge on any atom is 0.232 e. The van der Waals surface area contributed by atoms with Gasteiger partial charge in [-0.1, -0.05) is 12.5 Å². The molecule has 0 amide bonds. The Bertz CT molecular complexity index is 1180. The van der Waals surface area contributed by atoms with Crippen molar-refractivity contribution in [2.75, 3.05) is 0 Å². The van der Waals surface area contributed by atoms with Gasteiger partial charge in [0.05, 0.1) is 5.56 Å². The zero-order valence-electron chi connectivity index (χ0n) is 15.6. The standard InChI is InChI=1S/C19H17F2N7O/c1-27-15(22-10-23-27)9-29-16-8-12(11-4-2-5-11)18-24-25-19(28(18)26-16)17-13(20)6-3-7-14(17)21/h3,6-8,10-11H,2,4-5,9H2,1H3. The van der Waals surface area contributed by atoms with Crippen LogP contribution in [-0.2, 0) is 13.7 Å². The van der Waals surface area contributed by atoms with Crippen LogP contribution in [0.25, 0.3) is 17.0 Å². The molecule has 0 unspecified atom stereocenters. The minimum Gasteiger partial charge on any atom is -0.468 e. The van der Waals surface area contributed by atoms with Gasteiger partial charge in [-0.3, -0.25) is 4.68 Å². The fourth-order valence-electron chi connectivity index (χ4n) is 3.43. The average Bonchev–Trinajstić information content (AvgIpc) is 3.25. The van der Waals surface area contributed by atoms with Crippen molar-refractivity contribution in [2.45, 2.75) is 31.8 Å². The first-order chi connectivity index (χ1) is 14.1. The number of nitrogens with zero attached hydrogens (tertiary/aromatic N) is 7. The van der Waals surface area contributed by atoms with Crippen LogP contribution in [0.1, 0.15) is 36.6 Å². The molecule has 3 aromatic heterocycles. The molecule has 8 nitrogen and oxygen atoms in total. The van der Waals surface area contributed by atoms with Crippen molar-refractivity contribution in [1.82, 2.24) is 34.6 Å². The van der Waals surface area contributed by atoms with E-state index in [-0.39, 0.29) is 18.0 Å². The molecule has 1 saturated carbocycles. The van der Waals surface area contributed by atoms with Gasteiger partial charge in [-0.2, -0.15) is 9.61 Å². The molecule has 1 aliphatic carbocycles. The van der Waals surface area contributed by atoms with Crippen molar-refractivity contribution in [3.8, 4) is 17.3 Å². The molecule has 1 aliphatic rings. The summed E-state index contributed by atoms with van der Waals surface area (Å²) in [5.74, 6) is -0.227. The molecule has 0 saturated heterocycles. The smallest absolute Gasteiger partial charge is 0.232 e. The molecule has 0 spiro atoms. The number of benzene rings is 1. The van der Waals surface area contributed by atoms with Crippen LogP contribution >= 0.6 is 0 Å². The van der Waals surface area contributed by atoms with Crippen LogP contribution in [0.4, 0.5) is 8.78 Å². The Kier molecular flexibility index (Phi) is 4.18. The number of fused-ring (bicyclic) bond motifs is 1. The summed E-state index contributed by atoms with van der Waals surface area (Å²) in [7, 11) is 1.76. The third-order valence-corrected chi connectivity index (χ3v) is 5.26. The summed E-state index contributed by atoms with van der Waals surface area (Å²) in [5.41, 5.74) is 1.13. The largest absolute Gasteiger partial charge is 0.468 e. The van der Waals surface area contributed by atoms with Gasteiger partial charge in [-0.05, 0) is 30.9 Å². The molecule has 148 valence electrons. The molecule has 0 N–H and O–H groups in total. The third-order valence-electron chi connectivity index (χ3n) is 5.26. The predicted octanol–water partition coefficient (Wildman–Crippen LogP) is 3.04. The van der Waals surface area contributed by atoms with Crippen molar-refractivity contribution >= 4 is 5.65 Å². The Morgan fingerprint density at radius 3 is 2.62 bits per heavy atom. The van der Waals surface area contributed by atoms with Crippen LogP contribution in [0.2, 0.25) is 0 Å². The van der Waals surface area contributed by atoms with Gasteiger partial charge < -0.3 is 4.74 Å². The van der Waals surface area contributed by atoms with Gasteiger partial charge in [0.25, 0.3) is 0 Å². The number of aryl methyl sites for hydroxylation is 1. The summed E-state index contributed by atoms with van der Waals surface area (Å²) in [5, 5.41) is 16.6. The van der Waals surface area contributed by atoms with E-state index in [0.29, 0.717) is 23.3 Å². The molecule has 3 heterocycles. The summed E-state index contributed by atoms with van der Waals surface area (Å²) in [4.78, 5) is 4.12. The maximum absolute atomic E-state index is 14.4. The molecule has 1 fully saturated rings. The molecule has 1 aromatic carbocycles.